The van der Waals surface area contributed by atoms with E-state index in [4.69, 9.17) is 9.84 Å². The van der Waals surface area contributed by atoms with E-state index in [-0.39, 0.29) is 0 Å². The summed E-state index contributed by atoms with van der Waals surface area (Å²) < 4.78 is 5.16. The van der Waals surface area contributed by atoms with E-state index >= 15 is 0 Å². The van der Waals surface area contributed by atoms with Crippen molar-refractivity contribution >= 4 is 5.97 Å². The van der Waals surface area contributed by atoms with Crippen LogP contribution in [0.2, 0.25) is 0 Å². The van der Waals surface area contributed by atoms with Crippen molar-refractivity contribution in [3.63, 3.8) is 0 Å². The Kier molecular flexibility index (Phi) is 5.01. The molecule has 1 fully saturated rings. The monoisotopic (exact) mass is 277 g/mol. The average molecular weight is 277 g/mol. The fraction of sp³-hybridized carbons (Fsp3) is 0.562. The van der Waals surface area contributed by atoms with Gasteiger partial charge in [0.15, 0.2) is 0 Å². The minimum atomic E-state index is -0.681. The van der Waals surface area contributed by atoms with Crippen LogP contribution in [0.5, 0.6) is 5.75 Å². The van der Waals surface area contributed by atoms with Crippen LogP contribution >= 0.6 is 0 Å². The molecule has 0 bridgehead atoms. The zero-order valence-corrected chi connectivity index (χ0v) is 12.2. The average Bonchev–Trinajstić information content (AvgIpc) is 2.87. The molecule has 1 heterocycles. The first-order valence-electron chi connectivity index (χ1n) is 7.17. The molecule has 1 saturated heterocycles. The van der Waals surface area contributed by atoms with Crippen LogP contribution in [0.4, 0.5) is 0 Å². The van der Waals surface area contributed by atoms with Gasteiger partial charge < -0.3 is 14.7 Å². The van der Waals surface area contributed by atoms with Gasteiger partial charge in [-0.3, -0.25) is 4.79 Å². The molecule has 0 amide bonds. The number of carboxylic acid groups (broad SMARTS) is 1. The summed E-state index contributed by atoms with van der Waals surface area (Å²) in [5.74, 6) is 0.509. The fourth-order valence-corrected chi connectivity index (χ4v) is 2.91. The number of rotatable bonds is 6. The van der Waals surface area contributed by atoms with Crippen LogP contribution in [-0.2, 0) is 11.2 Å². The maximum Gasteiger partial charge on any atom is 0.303 e. The molecule has 0 saturated carbocycles. The molecule has 0 spiro atoms. The summed E-state index contributed by atoms with van der Waals surface area (Å²) in [5, 5.41) is 8.85. The highest BCUT2D eigenvalue weighted by molar-refractivity contribution is 5.67. The van der Waals surface area contributed by atoms with Crippen LogP contribution in [0.15, 0.2) is 24.3 Å². The first-order valence-corrected chi connectivity index (χ1v) is 7.17. The van der Waals surface area contributed by atoms with Gasteiger partial charge in [0.2, 0.25) is 0 Å². The molecule has 1 aliphatic heterocycles. The number of hydrogen-bond acceptors (Lipinski definition) is 3. The van der Waals surface area contributed by atoms with Crippen molar-refractivity contribution in [2.75, 3.05) is 20.2 Å². The van der Waals surface area contributed by atoms with Gasteiger partial charge in [-0.2, -0.15) is 0 Å². The third-order valence-electron chi connectivity index (χ3n) is 4.09. The summed E-state index contributed by atoms with van der Waals surface area (Å²) in [7, 11) is 1.67. The van der Waals surface area contributed by atoms with E-state index in [1.165, 1.54) is 5.56 Å². The lowest BCUT2D eigenvalue weighted by Gasteiger charge is -2.24. The highest BCUT2D eigenvalue weighted by atomic mass is 16.5. The minimum absolute atomic E-state index is 0.297. The molecule has 0 radical (unpaired) electrons. The predicted molar refractivity (Wildman–Crippen MR) is 78.1 cm³/mol. The van der Waals surface area contributed by atoms with Crippen LogP contribution < -0.4 is 4.74 Å². The number of methoxy groups -OCH3 is 1. The van der Waals surface area contributed by atoms with Crippen LogP contribution in [0.25, 0.3) is 0 Å². The van der Waals surface area contributed by atoms with Crippen LogP contribution in [0, 0.1) is 5.92 Å². The Morgan fingerprint density at radius 3 is 2.75 bits per heavy atom. The van der Waals surface area contributed by atoms with Gasteiger partial charge in [0.1, 0.15) is 5.75 Å². The van der Waals surface area contributed by atoms with Gasteiger partial charge in [-0.1, -0.05) is 12.1 Å². The number of aliphatic carboxylic acids is 1. The third-order valence-corrected chi connectivity index (χ3v) is 4.09. The van der Waals surface area contributed by atoms with Crippen molar-refractivity contribution < 1.29 is 14.6 Å². The molecule has 2 rings (SSSR count). The lowest BCUT2D eigenvalue weighted by molar-refractivity contribution is -0.138. The zero-order valence-electron chi connectivity index (χ0n) is 12.2. The lowest BCUT2D eigenvalue weighted by atomic mass is 10.0. The number of carboxylic acids is 1. The Morgan fingerprint density at radius 1 is 1.45 bits per heavy atom. The minimum Gasteiger partial charge on any atom is -0.497 e. The number of benzene rings is 1. The van der Waals surface area contributed by atoms with Gasteiger partial charge in [-0.15, -0.1) is 0 Å². The standard InChI is InChI=1S/C16H23NO3/c1-12(9-13-3-5-15(20-2)6-4-13)17-8-7-14(11-17)10-16(18)19/h3-6,12,14H,7-11H2,1-2H3,(H,18,19). The number of carbonyl (C=O) groups is 1. The van der Waals surface area contributed by atoms with Crippen molar-refractivity contribution in [3.05, 3.63) is 29.8 Å². The van der Waals surface area contributed by atoms with E-state index in [0.717, 1.165) is 31.7 Å². The number of ether oxygens (including phenoxy) is 1. The molecule has 1 aromatic carbocycles. The maximum atomic E-state index is 10.8. The lowest BCUT2D eigenvalue weighted by Crippen LogP contribution is -2.32. The van der Waals surface area contributed by atoms with E-state index in [2.05, 4.69) is 24.0 Å². The molecule has 4 nitrogen and oxygen atoms in total. The Labute approximate surface area is 120 Å². The smallest absolute Gasteiger partial charge is 0.303 e. The van der Waals surface area contributed by atoms with Crippen molar-refractivity contribution in [2.45, 2.75) is 32.2 Å². The van der Waals surface area contributed by atoms with Crippen LogP contribution in [-0.4, -0.2) is 42.2 Å². The van der Waals surface area contributed by atoms with Crippen molar-refractivity contribution in [1.29, 1.82) is 0 Å². The van der Waals surface area contributed by atoms with Gasteiger partial charge in [0.25, 0.3) is 0 Å². The highest BCUT2D eigenvalue weighted by Gasteiger charge is 2.27. The van der Waals surface area contributed by atoms with E-state index in [0.29, 0.717) is 18.4 Å². The highest BCUT2D eigenvalue weighted by Crippen LogP contribution is 2.23. The van der Waals surface area contributed by atoms with E-state index in [9.17, 15) is 4.79 Å². The summed E-state index contributed by atoms with van der Waals surface area (Å²) in [4.78, 5) is 13.2. The molecule has 1 N–H and O–H groups in total. The Bertz CT molecular complexity index is 444. The molecule has 1 aromatic rings. The Morgan fingerprint density at radius 2 is 2.15 bits per heavy atom. The van der Waals surface area contributed by atoms with Crippen LogP contribution in [0.3, 0.4) is 0 Å². The second kappa shape index (κ2) is 6.75. The summed E-state index contributed by atoms with van der Waals surface area (Å²) in [6.45, 7) is 4.13. The van der Waals surface area contributed by atoms with Gasteiger partial charge in [0.05, 0.1) is 7.11 Å². The first kappa shape index (κ1) is 14.9. The summed E-state index contributed by atoms with van der Waals surface area (Å²) >= 11 is 0. The maximum absolute atomic E-state index is 10.8. The van der Waals surface area contributed by atoms with E-state index < -0.39 is 5.97 Å². The normalized spacial score (nSPS) is 20.8. The number of likely N-dealkylation sites (tertiary alicyclic amines) is 1. The molecule has 1 aliphatic rings. The molecule has 0 aromatic heterocycles. The van der Waals surface area contributed by atoms with Gasteiger partial charge in [0, 0.05) is 19.0 Å². The van der Waals surface area contributed by atoms with E-state index in [1.54, 1.807) is 7.11 Å². The van der Waals surface area contributed by atoms with Gasteiger partial charge >= 0.3 is 5.97 Å². The molecular weight excluding hydrogens is 254 g/mol. The molecule has 4 heteroatoms. The second-order valence-corrected chi connectivity index (χ2v) is 5.65. The zero-order chi connectivity index (χ0) is 14.5. The summed E-state index contributed by atoms with van der Waals surface area (Å²) in [6.07, 6.45) is 2.29. The molecule has 0 aliphatic carbocycles. The predicted octanol–water partition coefficient (Wildman–Crippen LogP) is 2.42. The number of nitrogens with zero attached hydrogens (tertiary/aromatic N) is 1. The fourth-order valence-electron chi connectivity index (χ4n) is 2.91. The Hall–Kier alpha value is -1.55. The first-order chi connectivity index (χ1) is 9.58. The summed E-state index contributed by atoms with van der Waals surface area (Å²) in [5.41, 5.74) is 1.29. The van der Waals surface area contributed by atoms with Gasteiger partial charge in [-0.05, 0) is 49.9 Å². The molecule has 20 heavy (non-hydrogen) atoms. The van der Waals surface area contributed by atoms with Crippen LogP contribution in [0.1, 0.15) is 25.3 Å². The Balaban J connectivity index is 1.85. The molecule has 110 valence electrons. The molecule has 2 unspecified atom stereocenters. The quantitative estimate of drug-likeness (QED) is 0.867. The van der Waals surface area contributed by atoms with Gasteiger partial charge in [-0.25, -0.2) is 0 Å². The topological polar surface area (TPSA) is 49.8 Å². The molecular formula is C16H23NO3. The van der Waals surface area contributed by atoms with Crippen molar-refractivity contribution in [1.82, 2.24) is 4.90 Å². The largest absolute Gasteiger partial charge is 0.497 e. The van der Waals surface area contributed by atoms with Crippen molar-refractivity contribution in [2.24, 2.45) is 5.92 Å². The van der Waals surface area contributed by atoms with E-state index in [1.807, 2.05) is 12.1 Å². The van der Waals surface area contributed by atoms with Crippen molar-refractivity contribution in [3.8, 4) is 5.75 Å². The summed E-state index contributed by atoms with van der Waals surface area (Å²) in [6, 6.07) is 8.61. The second-order valence-electron chi connectivity index (χ2n) is 5.65. The molecule has 2 atom stereocenters. The SMILES string of the molecule is COc1ccc(CC(C)N2CCC(CC(=O)O)C2)cc1. The number of hydrogen-bond donors (Lipinski definition) is 1. The third kappa shape index (κ3) is 3.97.